The van der Waals surface area contributed by atoms with Gasteiger partial charge in [-0.3, -0.25) is 14.9 Å². The van der Waals surface area contributed by atoms with Gasteiger partial charge in [-0.1, -0.05) is 25.1 Å². The highest BCUT2D eigenvalue weighted by Crippen LogP contribution is 2.19. The molecule has 1 aromatic carbocycles. The second-order valence-electron chi connectivity index (χ2n) is 6.33. The topological polar surface area (TPSA) is 88.1 Å². The standard InChI is InChI=1S/C18H23N5O2/c1-4-13-10-16(24)21-18(19-13)23-15(9-12(3)22-23)20-17(25)14-8-6-5-7-11(14)2/h5-9,13,18-19H,4,10H2,1-3H3,(H,20,25)(H,21,24). The number of nitrogens with one attached hydrogen (secondary N) is 3. The number of aromatic nitrogens is 2. The Morgan fingerprint density at radius 1 is 1.36 bits per heavy atom. The largest absolute Gasteiger partial charge is 0.322 e. The molecule has 1 fully saturated rings. The van der Waals surface area contributed by atoms with E-state index in [2.05, 4.69) is 21.0 Å². The average molecular weight is 341 g/mol. The van der Waals surface area contributed by atoms with Crippen LogP contribution in [-0.2, 0) is 4.79 Å². The van der Waals surface area contributed by atoms with Gasteiger partial charge >= 0.3 is 0 Å². The third kappa shape index (κ3) is 3.71. The number of carbonyl (C=O) groups excluding carboxylic acids is 2. The minimum Gasteiger partial charge on any atom is -0.322 e. The number of aryl methyl sites for hydroxylation is 2. The zero-order valence-electron chi connectivity index (χ0n) is 14.7. The molecule has 2 aromatic rings. The van der Waals surface area contributed by atoms with Gasteiger partial charge in [-0.15, -0.1) is 0 Å². The molecule has 2 heterocycles. The van der Waals surface area contributed by atoms with Gasteiger partial charge in [-0.2, -0.15) is 5.10 Å². The molecule has 2 atom stereocenters. The van der Waals surface area contributed by atoms with E-state index in [1.165, 1.54) is 0 Å². The Bertz CT molecular complexity index is 799. The van der Waals surface area contributed by atoms with Gasteiger partial charge in [0.25, 0.3) is 5.91 Å². The monoisotopic (exact) mass is 341 g/mol. The van der Waals surface area contributed by atoms with Gasteiger partial charge in [-0.05, 0) is 31.9 Å². The summed E-state index contributed by atoms with van der Waals surface area (Å²) in [4.78, 5) is 24.5. The van der Waals surface area contributed by atoms with Crippen LogP contribution in [0.4, 0.5) is 5.82 Å². The molecule has 2 unspecified atom stereocenters. The molecular formula is C18H23N5O2. The van der Waals surface area contributed by atoms with Crippen molar-refractivity contribution in [2.24, 2.45) is 0 Å². The number of nitrogens with zero attached hydrogens (tertiary/aromatic N) is 2. The van der Waals surface area contributed by atoms with Gasteiger partial charge < -0.3 is 10.6 Å². The van der Waals surface area contributed by atoms with Crippen molar-refractivity contribution in [1.82, 2.24) is 20.4 Å². The van der Waals surface area contributed by atoms with Crippen molar-refractivity contribution in [3.05, 3.63) is 47.2 Å². The van der Waals surface area contributed by atoms with Gasteiger partial charge in [0.05, 0.1) is 5.69 Å². The molecule has 3 rings (SSSR count). The Morgan fingerprint density at radius 2 is 2.12 bits per heavy atom. The number of hydrogen-bond acceptors (Lipinski definition) is 4. The minimum atomic E-state index is -0.480. The second-order valence-corrected chi connectivity index (χ2v) is 6.33. The third-order valence-corrected chi connectivity index (χ3v) is 4.35. The molecule has 0 spiro atoms. The first-order valence-corrected chi connectivity index (χ1v) is 8.46. The maximum atomic E-state index is 12.6. The van der Waals surface area contributed by atoms with Crippen LogP contribution in [0.15, 0.2) is 30.3 Å². The molecule has 0 radical (unpaired) electrons. The van der Waals surface area contributed by atoms with Crippen molar-refractivity contribution >= 4 is 17.6 Å². The van der Waals surface area contributed by atoms with E-state index >= 15 is 0 Å². The number of rotatable bonds is 4. The molecule has 25 heavy (non-hydrogen) atoms. The molecule has 0 aliphatic carbocycles. The van der Waals surface area contributed by atoms with Crippen LogP contribution in [0, 0.1) is 13.8 Å². The number of hydrogen-bond donors (Lipinski definition) is 3. The molecule has 3 N–H and O–H groups in total. The van der Waals surface area contributed by atoms with Gasteiger partial charge in [0.2, 0.25) is 5.91 Å². The Kier molecular flexibility index (Phi) is 4.85. The summed E-state index contributed by atoms with van der Waals surface area (Å²) in [5.41, 5.74) is 2.27. The van der Waals surface area contributed by atoms with Crippen molar-refractivity contribution in [3.63, 3.8) is 0 Å². The first kappa shape index (κ1) is 17.2. The maximum Gasteiger partial charge on any atom is 0.257 e. The van der Waals surface area contributed by atoms with E-state index in [1.54, 1.807) is 16.8 Å². The van der Waals surface area contributed by atoms with Crippen LogP contribution < -0.4 is 16.0 Å². The van der Waals surface area contributed by atoms with Crippen molar-refractivity contribution < 1.29 is 9.59 Å². The normalized spacial score (nSPS) is 20.2. The summed E-state index contributed by atoms with van der Waals surface area (Å²) in [5, 5.41) is 13.6. The third-order valence-electron chi connectivity index (χ3n) is 4.35. The lowest BCUT2D eigenvalue weighted by atomic mass is 10.1. The number of anilines is 1. The van der Waals surface area contributed by atoms with Crippen LogP contribution in [0.1, 0.15) is 47.7 Å². The first-order valence-electron chi connectivity index (χ1n) is 8.46. The highest BCUT2D eigenvalue weighted by Gasteiger charge is 2.28. The van der Waals surface area contributed by atoms with Crippen LogP contribution in [0.3, 0.4) is 0 Å². The lowest BCUT2D eigenvalue weighted by Crippen LogP contribution is -2.53. The van der Waals surface area contributed by atoms with Crippen LogP contribution >= 0.6 is 0 Å². The van der Waals surface area contributed by atoms with Gasteiger partial charge in [0.1, 0.15) is 5.82 Å². The fraction of sp³-hybridized carbons (Fsp3) is 0.389. The molecular weight excluding hydrogens is 318 g/mol. The lowest BCUT2D eigenvalue weighted by Gasteiger charge is -2.31. The van der Waals surface area contributed by atoms with Gasteiger partial charge in [0, 0.05) is 24.1 Å². The summed E-state index contributed by atoms with van der Waals surface area (Å²) >= 11 is 0. The summed E-state index contributed by atoms with van der Waals surface area (Å²) in [6.07, 6.45) is 0.805. The number of benzene rings is 1. The molecule has 7 heteroatoms. The van der Waals surface area contributed by atoms with Crippen LogP contribution in [0.5, 0.6) is 0 Å². The minimum absolute atomic E-state index is 0.0278. The zero-order chi connectivity index (χ0) is 18.0. The SMILES string of the molecule is CCC1CC(=O)NC(n2nc(C)cc2NC(=O)c2ccccc2C)N1. The summed E-state index contributed by atoms with van der Waals surface area (Å²) in [7, 11) is 0. The van der Waals surface area contributed by atoms with E-state index in [0.717, 1.165) is 17.7 Å². The van der Waals surface area contributed by atoms with E-state index in [9.17, 15) is 9.59 Å². The summed E-state index contributed by atoms with van der Waals surface area (Å²) < 4.78 is 1.62. The summed E-state index contributed by atoms with van der Waals surface area (Å²) in [6.45, 7) is 5.77. The molecule has 132 valence electrons. The van der Waals surface area contributed by atoms with Crippen molar-refractivity contribution in [2.75, 3.05) is 5.32 Å². The highest BCUT2D eigenvalue weighted by atomic mass is 16.2. The Balaban J connectivity index is 1.85. The summed E-state index contributed by atoms with van der Waals surface area (Å²) in [6, 6.07) is 9.28. The number of carbonyl (C=O) groups is 2. The molecule has 2 amide bonds. The number of amides is 2. The smallest absolute Gasteiger partial charge is 0.257 e. The van der Waals surface area contributed by atoms with Gasteiger partial charge in [-0.25, -0.2) is 4.68 Å². The zero-order valence-corrected chi connectivity index (χ0v) is 14.7. The molecule has 7 nitrogen and oxygen atoms in total. The predicted molar refractivity (Wildman–Crippen MR) is 95.1 cm³/mol. The fourth-order valence-electron chi connectivity index (χ4n) is 2.97. The average Bonchev–Trinajstić information content (AvgIpc) is 2.95. The van der Waals surface area contributed by atoms with E-state index < -0.39 is 6.29 Å². The molecule has 1 saturated heterocycles. The van der Waals surface area contributed by atoms with E-state index in [1.807, 2.05) is 39.0 Å². The molecule has 0 bridgehead atoms. The molecule has 1 aliphatic rings. The maximum absolute atomic E-state index is 12.6. The van der Waals surface area contributed by atoms with Crippen LogP contribution in [0.2, 0.25) is 0 Å². The van der Waals surface area contributed by atoms with Crippen molar-refractivity contribution in [2.45, 2.75) is 45.9 Å². The van der Waals surface area contributed by atoms with Crippen LogP contribution in [0.25, 0.3) is 0 Å². The summed E-state index contributed by atoms with van der Waals surface area (Å²) in [5.74, 6) is 0.314. The Labute approximate surface area is 146 Å². The van der Waals surface area contributed by atoms with Crippen molar-refractivity contribution in [3.8, 4) is 0 Å². The lowest BCUT2D eigenvalue weighted by molar-refractivity contribution is -0.125. The highest BCUT2D eigenvalue weighted by molar-refractivity contribution is 6.04. The van der Waals surface area contributed by atoms with E-state index in [0.29, 0.717) is 17.8 Å². The molecule has 1 aromatic heterocycles. The van der Waals surface area contributed by atoms with E-state index in [-0.39, 0.29) is 17.9 Å². The van der Waals surface area contributed by atoms with E-state index in [4.69, 9.17) is 0 Å². The molecule has 0 saturated carbocycles. The second kappa shape index (κ2) is 7.06. The fourth-order valence-corrected chi connectivity index (χ4v) is 2.97. The first-order chi connectivity index (χ1) is 12.0. The Morgan fingerprint density at radius 3 is 2.84 bits per heavy atom. The van der Waals surface area contributed by atoms with Crippen molar-refractivity contribution in [1.29, 1.82) is 0 Å². The van der Waals surface area contributed by atoms with Crippen LogP contribution in [-0.4, -0.2) is 27.6 Å². The predicted octanol–water partition coefficient (Wildman–Crippen LogP) is 2.10. The molecule has 1 aliphatic heterocycles. The van der Waals surface area contributed by atoms with Gasteiger partial charge in [0.15, 0.2) is 6.29 Å². The quantitative estimate of drug-likeness (QED) is 0.795. The Hall–Kier alpha value is -2.67.